The molecule has 0 bridgehead atoms. The lowest BCUT2D eigenvalue weighted by atomic mass is 10.0. The Morgan fingerprint density at radius 2 is 1.86 bits per heavy atom. The zero-order valence-electron chi connectivity index (χ0n) is 11.3. The fourth-order valence-corrected chi connectivity index (χ4v) is 2.38. The van der Waals surface area contributed by atoms with Gasteiger partial charge in [0, 0.05) is 31.7 Å². The number of nitrogens with zero attached hydrogens (tertiary/aromatic N) is 1. The predicted molar refractivity (Wildman–Crippen MR) is 76.0 cm³/mol. The van der Waals surface area contributed by atoms with E-state index in [2.05, 4.69) is 11.9 Å². The fourth-order valence-electron chi connectivity index (χ4n) is 2.38. The van der Waals surface area contributed by atoms with Crippen molar-refractivity contribution in [3.63, 3.8) is 0 Å². The molecule has 118 valence electrons. The van der Waals surface area contributed by atoms with Gasteiger partial charge in [-0.2, -0.15) is 13.2 Å². The topological polar surface area (TPSA) is 15.3 Å². The number of rotatable bonds is 3. The Bertz CT molecular complexity index is 484. The Labute approximate surface area is 127 Å². The van der Waals surface area contributed by atoms with Crippen LogP contribution in [0.25, 0.3) is 0 Å². The van der Waals surface area contributed by atoms with Crippen LogP contribution in [0.4, 0.5) is 17.6 Å². The molecule has 0 aromatic heterocycles. The molecule has 21 heavy (non-hydrogen) atoms. The predicted octanol–water partition coefficient (Wildman–Crippen LogP) is 3.40. The highest BCUT2D eigenvalue weighted by atomic mass is 35.5. The van der Waals surface area contributed by atoms with Gasteiger partial charge in [-0.1, -0.05) is 6.08 Å². The third-order valence-corrected chi connectivity index (χ3v) is 3.41. The molecule has 0 spiro atoms. The van der Waals surface area contributed by atoms with Crippen LogP contribution in [0.15, 0.2) is 30.9 Å². The van der Waals surface area contributed by atoms with Gasteiger partial charge in [0.25, 0.3) is 0 Å². The highest BCUT2D eigenvalue weighted by Gasteiger charge is 2.32. The number of hydrogen-bond acceptors (Lipinski definition) is 2. The van der Waals surface area contributed by atoms with Crippen LogP contribution in [0.2, 0.25) is 0 Å². The summed E-state index contributed by atoms with van der Waals surface area (Å²) < 4.78 is 52.1. The second-order valence-corrected chi connectivity index (χ2v) is 4.70. The van der Waals surface area contributed by atoms with E-state index in [9.17, 15) is 17.6 Å². The molecule has 0 radical (unpaired) electrons. The van der Waals surface area contributed by atoms with Gasteiger partial charge in [-0.05, 0) is 18.2 Å². The second-order valence-electron chi connectivity index (χ2n) is 4.70. The lowest BCUT2D eigenvalue weighted by Crippen LogP contribution is -2.44. The number of alkyl halides is 3. The fraction of sp³-hybridized carbons (Fsp3) is 0.429. The number of benzene rings is 1. The van der Waals surface area contributed by atoms with Gasteiger partial charge in [-0.25, -0.2) is 4.39 Å². The van der Waals surface area contributed by atoms with Gasteiger partial charge in [0.2, 0.25) is 0 Å². The lowest BCUT2D eigenvalue weighted by Gasteiger charge is -2.33. The van der Waals surface area contributed by atoms with Crippen LogP contribution in [0.3, 0.4) is 0 Å². The second kappa shape index (κ2) is 7.24. The minimum Gasteiger partial charge on any atom is -0.314 e. The maximum atomic E-state index is 13.9. The lowest BCUT2D eigenvalue weighted by molar-refractivity contribution is -0.137. The summed E-state index contributed by atoms with van der Waals surface area (Å²) in [6.07, 6.45) is -2.98. The van der Waals surface area contributed by atoms with Crippen LogP contribution < -0.4 is 5.32 Å². The molecule has 0 saturated carbocycles. The van der Waals surface area contributed by atoms with E-state index in [0.717, 1.165) is 31.3 Å². The molecule has 0 aliphatic carbocycles. The highest BCUT2D eigenvalue weighted by molar-refractivity contribution is 5.85. The molecule has 1 atom stereocenters. The van der Waals surface area contributed by atoms with E-state index in [-0.39, 0.29) is 18.0 Å². The first kappa shape index (κ1) is 17.9. The van der Waals surface area contributed by atoms with E-state index in [1.165, 1.54) is 6.08 Å². The molecule has 0 unspecified atom stereocenters. The van der Waals surface area contributed by atoms with Crippen molar-refractivity contribution < 1.29 is 17.6 Å². The van der Waals surface area contributed by atoms with Gasteiger partial charge in [0.1, 0.15) is 5.82 Å². The normalized spacial score (nSPS) is 17.9. The third kappa shape index (κ3) is 4.18. The van der Waals surface area contributed by atoms with Gasteiger partial charge in [-0.3, -0.25) is 4.90 Å². The summed E-state index contributed by atoms with van der Waals surface area (Å²) in [5, 5.41) is 3.15. The van der Waals surface area contributed by atoms with Crippen LogP contribution in [0.5, 0.6) is 0 Å². The highest BCUT2D eigenvalue weighted by Crippen LogP contribution is 2.33. The van der Waals surface area contributed by atoms with E-state index in [1.807, 2.05) is 4.90 Å². The van der Waals surface area contributed by atoms with Crippen LogP contribution in [0, 0.1) is 5.82 Å². The summed E-state index contributed by atoms with van der Waals surface area (Å²) in [7, 11) is 0. The minimum atomic E-state index is -4.47. The Balaban J connectivity index is 0.00000220. The molecule has 2 nitrogen and oxygen atoms in total. The summed E-state index contributed by atoms with van der Waals surface area (Å²) in [5.41, 5.74) is -0.812. The molecule has 0 amide bonds. The molecular weight excluding hydrogens is 308 g/mol. The first-order valence-corrected chi connectivity index (χ1v) is 6.37. The van der Waals surface area contributed by atoms with Gasteiger partial charge >= 0.3 is 6.18 Å². The van der Waals surface area contributed by atoms with E-state index >= 15 is 0 Å². The number of nitrogens with one attached hydrogen (secondary N) is 1. The Morgan fingerprint density at radius 3 is 2.38 bits per heavy atom. The van der Waals surface area contributed by atoms with E-state index < -0.39 is 23.6 Å². The van der Waals surface area contributed by atoms with Crippen molar-refractivity contribution in [3.8, 4) is 0 Å². The standard InChI is InChI=1S/C14H16F4N2.ClH/c1-2-13(20-7-5-19-6-8-20)11-9-10(14(16,17)18)3-4-12(11)15;/h2-4,9,13,19H,1,5-8H2;1H/t13-;/m1./s1. The summed E-state index contributed by atoms with van der Waals surface area (Å²) in [6, 6.07) is 1.97. The molecule has 7 heteroatoms. The average Bonchev–Trinajstić information content (AvgIpc) is 2.41. The summed E-state index contributed by atoms with van der Waals surface area (Å²) >= 11 is 0. The van der Waals surface area contributed by atoms with E-state index in [1.54, 1.807) is 0 Å². The first-order valence-electron chi connectivity index (χ1n) is 6.37. The minimum absolute atomic E-state index is 0. The van der Waals surface area contributed by atoms with Crippen molar-refractivity contribution in [2.24, 2.45) is 0 Å². The largest absolute Gasteiger partial charge is 0.416 e. The zero-order chi connectivity index (χ0) is 14.8. The molecule has 1 aliphatic rings. The number of piperazine rings is 1. The molecule has 1 aromatic rings. The van der Waals surface area contributed by atoms with Crippen molar-refractivity contribution in [3.05, 3.63) is 47.8 Å². The average molecular weight is 325 g/mol. The van der Waals surface area contributed by atoms with Gasteiger partial charge in [0.15, 0.2) is 0 Å². The molecule has 1 aliphatic heterocycles. The number of hydrogen-bond donors (Lipinski definition) is 1. The Hall–Kier alpha value is -1.11. The van der Waals surface area contributed by atoms with Crippen molar-refractivity contribution in [1.82, 2.24) is 10.2 Å². The Morgan fingerprint density at radius 1 is 1.24 bits per heavy atom. The van der Waals surface area contributed by atoms with Crippen LogP contribution >= 0.6 is 12.4 Å². The van der Waals surface area contributed by atoms with Crippen LogP contribution in [0.1, 0.15) is 17.2 Å². The zero-order valence-corrected chi connectivity index (χ0v) is 12.1. The van der Waals surface area contributed by atoms with Crippen LogP contribution in [-0.4, -0.2) is 31.1 Å². The quantitative estimate of drug-likeness (QED) is 0.677. The molecule has 1 saturated heterocycles. The number of halogens is 5. The first-order chi connectivity index (χ1) is 9.43. The van der Waals surface area contributed by atoms with E-state index in [4.69, 9.17) is 0 Å². The van der Waals surface area contributed by atoms with Crippen molar-refractivity contribution in [2.75, 3.05) is 26.2 Å². The summed E-state index contributed by atoms with van der Waals surface area (Å²) in [6.45, 7) is 6.38. The molecular formula is C14H17ClF4N2. The van der Waals surface area contributed by atoms with E-state index in [0.29, 0.717) is 13.1 Å². The summed E-state index contributed by atoms with van der Waals surface area (Å²) in [4.78, 5) is 1.92. The van der Waals surface area contributed by atoms with Crippen molar-refractivity contribution >= 4 is 12.4 Å². The van der Waals surface area contributed by atoms with Crippen LogP contribution in [-0.2, 0) is 6.18 Å². The smallest absolute Gasteiger partial charge is 0.314 e. The monoisotopic (exact) mass is 324 g/mol. The molecule has 1 fully saturated rings. The van der Waals surface area contributed by atoms with Crippen molar-refractivity contribution in [1.29, 1.82) is 0 Å². The van der Waals surface area contributed by atoms with Gasteiger partial charge in [0.05, 0.1) is 11.6 Å². The third-order valence-electron chi connectivity index (χ3n) is 3.41. The molecule has 2 rings (SSSR count). The van der Waals surface area contributed by atoms with Crippen molar-refractivity contribution in [2.45, 2.75) is 12.2 Å². The molecule has 1 aromatic carbocycles. The van der Waals surface area contributed by atoms with Gasteiger partial charge < -0.3 is 5.32 Å². The van der Waals surface area contributed by atoms with Gasteiger partial charge in [-0.15, -0.1) is 19.0 Å². The summed E-state index contributed by atoms with van der Waals surface area (Å²) in [5.74, 6) is -0.638. The SMILES string of the molecule is C=C[C@H](c1cc(C(F)(F)F)ccc1F)N1CCNCC1.Cl. The Kier molecular flexibility index (Phi) is 6.19. The maximum absolute atomic E-state index is 13.9. The molecule has 1 N–H and O–H groups in total. The molecule has 1 heterocycles. The maximum Gasteiger partial charge on any atom is 0.416 e.